The quantitative estimate of drug-likeness (QED) is 0.500. The standard InChI is InChI=1S/C19H23N5O3S3/c1-17(2,3)12-21-23-16(30-12)28-8-11-20-22-15(29-11)24-13(25)18(4)9-6-7-10(27-9)19(18,5)14(24)26/h9-10H,6-8H2,1-5H3/t9-,10+,18+,19-. The van der Waals surface area contributed by atoms with Crippen LogP contribution in [0.4, 0.5) is 5.13 Å². The number of imide groups is 1. The molecule has 0 radical (unpaired) electrons. The van der Waals surface area contributed by atoms with Crippen molar-refractivity contribution in [3.63, 3.8) is 0 Å². The molecular weight excluding hydrogens is 442 g/mol. The minimum absolute atomic E-state index is 0.0315. The van der Waals surface area contributed by atoms with E-state index in [1.165, 1.54) is 28.0 Å². The number of carbonyl (C=O) groups is 2. The summed E-state index contributed by atoms with van der Waals surface area (Å²) in [6.45, 7) is 10.1. The van der Waals surface area contributed by atoms with Gasteiger partial charge in [-0.2, -0.15) is 0 Å². The van der Waals surface area contributed by atoms with Gasteiger partial charge in [-0.3, -0.25) is 9.59 Å². The predicted octanol–water partition coefficient (Wildman–Crippen LogP) is 3.43. The van der Waals surface area contributed by atoms with Crippen molar-refractivity contribution in [3.05, 3.63) is 10.0 Å². The minimum Gasteiger partial charge on any atom is -0.373 e. The molecule has 2 bridgehead atoms. The van der Waals surface area contributed by atoms with Gasteiger partial charge in [-0.05, 0) is 26.7 Å². The lowest BCUT2D eigenvalue weighted by Gasteiger charge is -2.36. The summed E-state index contributed by atoms with van der Waals surface area (Å²) in [6.07, 6.45) is 1.23. The number of fused-ring (bicyclic) bond motifs is 5. The smallest absolute Gasteiger partial charge is 0.245 e. The molecular formula is C19H23N5O3S3. The van der Waals surface area contributed by atoms with Crippen molar-refractivity contribution in [2.24, 2.45) is 10.8 Å². The first-order chi connectivity index (χ1) is 14.1. The zero-order chi connectivity index (χ0) is 21.5. The molecule has 4 atom stereocenters. The van der Waals surface area contributed by atoms with Crippen molar-refractivity contribution < 1.29 is 14.3 Å². The van der Waals surface area contributed by atoms with Crippen LogP contribution in [0.25, 0.3) is 0 Å². The van der Waals surface area contributed by atoms with Crippen LogP contribution in [0, 0.1) is 10.8 Å². The predicted molar refractivity (Wildman–Crippen MR) is 115 cm³/mol. The highest BCUT2D eigenvalue weighted by atomic mass is 32.2. The molecule has 0 N–H and O–H groups in total. The molecule has 0 spiro atoms. The Morgan fingerprint density at radius 3 is 2.23 bits per heavy atom. The highest BCUT2D eigenvalue weighted by Gasteiger charge is 2.77. The van der Waals surface area contributed by atoms with Gasteiger partial charge >= 0.3 is 0 Å². The maximum absolute atomic E-state index is 13.3. The van der Waals surface area contributed by atoms with Gasteiger partial charge in [-0.25, -0.2) is 4.90 Å². The number of thioether (sulfide) groups is 1. The van der Waals surface area contributed by atoms with Gasteiger partial charge in [0.05, 0.1) is 28.8 Å². The van der Waals surface area contributed by atoms with Crippen molar-refractivity contribution in [3.8, 4) is 0 Å². The lowest BCUT2D eigenvalue weighted by molar-refractivity contribution is -0.132. The van der Waals surface area contributed by atoms with Gasteiger partial charge in [0.1, 0.15) is 10.0 Å². The third-order valence-electron chi connectivity index (χ3n) is 6.70. The van der Waals surface area contributed by atoms with Gasteiger partial charge in [0.25, 0.3) is 0 Å². The summed E-state index contributed by atoms with van der Waals surface area (Å²) in [5.41, 5.74) is -1.69. The van der Waals surface area contributed by atoms with E-state index in [1.807, 2.05) is 13.8 Å². The van der Waals surface area contributed by atoms with E-state index in [-0.39, 0.29) is 29.4 Å². The van der Waals surface area contributed by atoms with E-state index in [0.717, 1.165) is 27.2 Å². The Bertz CT molecular complexity index is 1010. The van der Waals surface area contributed by atoms with Gasteiger partial charge in [0.15, 0.2) is 4.34 Å². The summed E-state index contributed by atoms with van der Waals surface area (Å²) < 4.78 is 6.84. The maximum Gasteiger partial charge on any atom is 0.245 e. The Kier molecular flexibility index (Phi) is 4.46. The zero-order valence-corrected chi connectivity index (χ0v) is 19.9. The normalized spacial score (nSPS) is 33.0. The molecule has 3 fully saturated rings. The van der Waals surface area contributed by atoms with Crippen molar-refractivity contribution in [1.29, 1.82) is 0 Å². The van der Waals surface area contributed by atoms with Crippen LogP contribution in [-0.2, 0) is 25.5 Å². The first-order valence-electron chi connectivity index (χ1n) is 9.90. The number of hydrogen-bond acceptors (Lipinski definition) is 10. The molecule has 2 aromatic heterocycles. The number of anilines is 1. The fourth-order valence-corrected chi connectivity index (χ4v) is 7.42. The third-order valence-corrected chi connectivity index (χ3v) is 10.3. The molecule has 0 aromatic carbocycles. The number of hydrogen-bond donors (Lipinski definition) is 0. The van der Waals surface area contributed by atoms with Crippen molar-refractivity contribution in [2.45, 2.75) is 75.2 Å². The Morgan fingerprint density at radius 1 is 1.03 bits per heavy atom. The zero-order valence-electron chi connectivity index (χ0n) is 17.5. The third kappa shape index (κ3) is 2.61. The average molecular weight is 466 g/mol. The molecule has 11 heteroatoms. The summed E-state index contributed by atoms with van der Waals surface area (Å²) >= 11 is 4.40. The molecule has 8 nitrogen and oxygen atoms in total. The lowest BCUT2D eigenvalue weighted by atomic mass is 9.59. The summed E-state index contributed by atoms with van der Waals surface area (Å²) in [7, 11) is 0. The average Bonchev–Trinajstić information content (AvgIpc) is 3.47. The molecule has 5 heterocycles. The molecule has 2 aromatic rings. The second kappa shape index (κ2) is 6.54. The Balaban J connectivity index is 1.34. The van der Waals surface area contributed by atoms with E-state index in [0.29, 0.717) is 10.9 Å². The molecule has 0 saturated carbocycles. The van der Waals surface area contributed by atoms with Crippen molar-refractivity contribution >= 4 is 51.4 Å². The topological polar surface area (TPSA) is 98.2 Å². The molecule has 3 aliphatic rings. The monoisotopic (exact) mass is 465 g/mol. The largest absolute Gasteiger partial charge is 0.373 e. The summed E-state index contributed by atoms with van der Waals surface area (Å²) in [5, 5.41) is 19.0. The Morgan fingerprint density at radius 2 is 1.67 bits per heavy atom. The van der Waals surface area contributed by atoms with E-state index in [1.54, 1.807) is 11.3 Å². The fraction of sp³-hybridized carbons (Fsp3) is 0.684. The second-order valence-electron chi connectivity index (χ2n) is 9.43. The highest BCUT2D eigenvalue weighted by molar-refractivity contribution is 8.00. The van der Waals surface area contributed by atoms with E-state index in [4.69, 9.17) is 4.74 Å². The molecule has 160 valence electrons. The van der Waals surface area contributed by atoms with Crippen LogP contribution in [0.1, 0.15) is 57.5 Å². The first kappa shape index (κ1) is 20.5. The Labute approximate surface area is 186 Å². The SMILES string of the molecule is CC(C)(C)c1nnc(SCc2nnc(N3C(=O)[C@@]4(C)[C@@H]5CC[C@@H](O5)[C@@]4(C)C3=O)s2)s1. The number of nitrogens with zero attached hydrogens (tertiary/aromatic N) is 5. The van der Waals surface area contributed by atoms with Gasteiger partial charge in [0, 0.05) is 5.41 Å². The van der Waals surface area contributed by atoms with E-state index in [2.05, 4.69) is 41.2 Å². The Hall–Kier alpha value is -1.43. The molecule has 3 saturated heterocycles. The summed E-state index contributed by atoms with van der Waals surface area (Å²) in [6, 6.07) is 0. The number of ether oxygens (including phenoxy) is 1. The van der Waals surface area contributed by atoms with Crippen LogP contribution in [-0.4, -0.2) is 44.4 Å². The van der Waals surface area contributed by atoms with Gasteiger partial charge < -0.3 is 4.74 Å². The minimum atomic E-state index is -0.830. The summed E-state index contributed by atoms with van der Waals surface area (Å²) in [5.74, 6) is 0.142. The van der Waals surface area contributed by atoms with Crippen LogP contribution < -0.4 is 4.90 Å². The second-order valence-corrected chi connectivity index (χ2v) is 12.7. The molecule has 0 aliphatic carbocycles. The van der Waals surface area contributed by atoms with Crippen LogP contribution in [0.5, 0.6) is 0 Å². The van der Waals surface area contributed by atoms with Gasteiger partial charge in [0.2, 0.25) is 16.9 Å². The molecule has 5 rings (SSSR count). The first-order valence-corrected chi connectivity index (χ1v) is 12.5. The number of aromatic nitrogens is 4. The van der Waals surface area contributed by atoms with Gasteiger partial charge in [-0.1, -0.05) is 55.2 Å². The summed E-state index contributed by atoms with van der Waals surface area (Å²) in [4.78, 5) is 27.9. The highest BCUT2D eigenvalue weighted by Crippen LogP contribution is 2.64. The van der Waals surface area contributed by atoms with Crippen LogP contribution in [0.3, 0.4) is 0 Å². The fourth-order valence-electron chi connectivity index (χ4n) is 4.69. The van der Waals surface area contributed by atoms with Gasteiger partial charge in [-0.15, -0.1) is 20.4 Å². The molecule has 2 amide bonds. The van der Waals surface area contributed by atoms with Crippen LogP contribution >= 0.6 is 34.4 Å². The van der Waals surface area contributed by atoms with Crippen molar-refractivity contribution in [2.75, 3.05) is 4.90 Å². The lowest BCUT2D eigenvalue weighted by Crippen LogP contribution is -2.48. The van der Waals surface area contributed by atoms with Crippen LogP contribution in [0.15, 0.2) is 4.34 Å². The van der Waals surface area contributed by atoms with E-state index in [9.17, 15) is 9.59 Å². The van der Waals surface area contributed by atoms with E-state index < -0.39 is 10.8 Å². The van der Waals surface area contributed by atoms with E-state index >= 15 is 0 Å². The van der Waals surface area contributed by atoms with Crippen LogP contribution in [0.2, 0.25) is 0 Å². The number of amides is 2. The maximum atomic E-state index is 13.3. The number of carbonyl (C=O) groups excluding carboxylic acids is 2. The molecule has 30 heavy (non-hydrogen) atoms. The number of rotatable bonds is 4. The van der Waals surface area contributed by atoms with Crippen molar-refractivity contribution in [1.82, 2.24) is 20.4 Å². The molecule has 3 aliphatic heterocycles. The molecule has 0 unspecified atom stereocenters.